The van der Waals surface area contributed by atoms with Gasteiger partial charge in [-0.3, -0.25) is 0 Å². The maximum atomic E-state index is 14.3. The third-order valence-corrected chi connectivity index (χ3v) is 11.4. The number of ether oxygens (including phenoxy) is 3. The van der Waals surface area contributed by atoms with Gasteiger partial charge in [0.15, 0.2) is 0 Å². The van der Waals surface area contributed by atoms with Crippen molar-refractivity contribution in [3.8, 4) is 0 Å². The van der Waals surface area contributed by atoms with Gasteiger partial charge < -0.3 is 19.3 Å². The number of alkyl halides is 51. The quantitative estimate of drug-likeness (QED) is 0.0396. The molecule has 0 bridgehead atoms. The van der Waals surface area contributed by atoms with Crippen LogP contribution in [-0.4, -0.2) is 194 Å². The van der Waals surface area contributed by atoms with Crippen molar-refractivity contribution in [3.63, 3.8) is 0 Å². The van der Waals surface area contributed by atoms with Gasteiger partial charge in [0.05, 0.1) is 51.7 Å². The Morgan fingerprint density at radius 1 is 0.194 bits per heavy atom. The Morgan fingerprint density at radius 2 is 0.323 bits per heavy atom. The Morgan fingerprint density at radius 3 is 0.452 bits per heavy atom. The molecule has 4 nitrogen and oxygen atoms in total. The minimum absolute atomic E-state index is 1.08. The van der Waals surface area contributed by atoms with Crippen LogP contribution in [0, 0.1) is 5.41 Å². The molecule has 55 heteroatoms. The molecule has 0 atom stereocenters. The zero-order valence-corrected chi connectivity index (χ0v) is 41.9. The van der Waals surface area contributed by atoms with Gasteiger partial charge in [-0.1, -0.05) is 18.2 Å². The lowest BCUT2D eigenvalue weighted by molar-refractivity contribution is -0.459. The smallest absolute Gasteiger partial charge is 0.396 e. The predicted octanol–water partition coefficient (Wildman–Crippen LogP) is 17.7. The van der Waals surface area contributed by atoms with Crippen LogP contribution in [0.1, 0.15) is 0 Å². The fourth-order valence-corrected chi connectivity index (χ4v) is 5.72. The van der Waals surface area contributed by atoms with E-state index >= 15 is 0 Å². The first-order chi connectivity index (χ1) is 39.9. The molecule has 0 unspecified atom stereocenters. The summed E-state index contributed by atoms with van der Waals surface area (Å²) in [7, 11) is 0. The van der Waals surface area contributed by atoms with Crippen molar-refractivity contribution in [2.24, 2.45) is 5.41 Å². The minimum Gasteiger partial charge on any atom is -0.396 e. The summed E-state index contributed by atoms with van der Waals surface area (Å²) in [5.41, 5.74) is -3.35. The van der Waals surface area contributed by atoms with Crippen molar-refractivity contribution in [1.29, 1.82) is 0 Å². The minimum atomic E-state index is -9.19. The van der Waals surface area contributed by atoms with Crippen LogP contribution < -0.4 is 0 Å². The number of rotatable bonds is 34. The van der Waals surface area contributed by atoms with E-state index in [1.54, 1.807) is 0 Å². The molecule has 0 saturated carbocycles. The summed E-state index contributed by atoms with van der Waals surface area (Å²) in [4.78, 5) is 0. The highest BCUT2D eigenvalue weighted by molar-refractivity contribution is 5.21. The monoisotopic (exact) mass is 1510 g/mol. The van der Waals surface area contributed by atoms with Crippen LogP contribution in [-0.2, 0) is 14.2 Å². The van der Waals surface area contributed by atoms with Gasteiger partial charge >= 0.3 is 143 Å². The molecule has 0 aromatic rings. The first kappa shape index (κ1) is 88.5. The summed E-state index contributed by atoms with van der Waals surface area (Å²) in [6, 6.07) is 0. The third kappa shape index (κ3) is 13.5. The van der Waals surface area contributed by atoms with Gasteiger partial charge in [0.25, 0.3) is 0 Å². The molecule has 0 aliphatic rings. The summed E-state index contributed by atoms with van der Waals surface area (Å²) in [6.07, 6.45) is -34.0. The van der Waals surface area contributed by atoms with Crippen LogP contribution in [0.15, 0.2) is 36.5 Å². The molecular formula is C38H21F51O4. The van der Waals surface area contributed by atoms with E-state index in [2.05, 4.69) is 14.2 Å². The Balaban J connectivity index is 7.49. The van der Waals surface area contributed by atoms with Crippen LogP contribution >= 0.6 is 0 Å². The van der Waals surface area contributed by atoms with Crippen molar-refractivity contribution in [3.05, 3.63) is 36.5 Å². The number of hydrogen-bond donors (Lipinski definition) is 1. The molecule has 0 aromatic heterocycles. The summed E-state index contributed by atoms with van der Waals surface area (Å²) in [5.74, 6) is -183. The summed E-state index contributed by atoms with van der Waals surface area (Å²) < 4.78 is 704. The number of aliphatic hydroxyl groups is 1. The lowest BCUT2D eigenvalue weighted by Gasteiger charge is -2.42. The second-order valence-corrected chi connectivity index (χ2v) is 18.1. The van der Waals surface area contributed by atoms with Gasteiger partial charge in [0, 0.05) is 0 Å². The van der Waals surface area contributed by atoms with E-state index in [0.717, 1.165) is 0 Å². The van der Waals surface area contributed by atoms with Crippen LogP contribution in [0.3, 0.4) is 0 Å². The number of allylic oxidation sites excluding steroid dienone is 3. The van der Waals surface area contributed by atoms with Crippen LogP contribution in [0.2, 0.25) is 0 Å². The fraction of sp³-hybridized carbons (Fsp3) is 0.842. The zero-order valence-electron chi connectivity index (χ0n) is 41.9. The standard InChI is InChI=1S/C38H21F51O4/c39-15(40,18(45,46)21(51,52)24(57,58)27(63,64)30(69,70)33(75,76)36(81,82)83)4-1-7-91-11-14(10-90,12-92-8-2-5-16(41,42)19(47,48)22(53,54)25(59,60)28(65,66)31(71,72)34(77,78)37(84,85)86)13-93-9-3-6-17(43,44)20(49,50)23(55,56)26(61,62)29(67,68)32(73,74)35(79,80)38(87,88)89/h1-6,90H,7-13H2. The Kier molecular flexibility index (Phi) is 23.9. The maximum Gasteiger partial charge on any atom is 0.460 e. The molecule has 0 radical (unpaired) electrons. The predicted molar refractivity (Wildman–Crippen MR) is 191 cm³/mol. The highest BCUT2D eigenvalue weighted by Crippen LogP contribution is 2.68. The average Bonchev–Trinajstić information content (AvgIpc) is 0.710. The number of halogens is 51. The second kappa shape index (κ2) is 25.1. The summed E-state index contributed by atoms with van der Waals surface area (Å²) in [6.45, 7) is -15.8. The van der Waals surface area contributed by atoms with Crippen LogP contribution in [0.4, 0.5) is 224 Å². The van der Waals surface area contributed by atoms with Gasteiger partial charge in [0.2, 0.25) is 0 Å². The Hall–Kier alpha value is -4.51. The molecule has 93 heavy (non-hydrogen) atoms. The first-order valence-electron chi connectivity index (χ1n) is 21.4. The van der Waals surface area contributed by atoms with Gasteiger partial charge in [0.1, 0.15) is 0 Å². The normalized spacial score (nSPS) is 17.4. The Bertz CT molecular complexity index is 2320. The molecular weight excluding hydrogens is 1490 g/mol. The van der Waals surface area contributed by atoms with E-state index in [4.69, 9.17) is 0 Å². The highest BCUT2D eigenvalue weighted by atomic mass is 19.5. The van der Waals surface area contributed by atoms with E-state index in [1.165, 1.54) is 0 Å². The molecule has 0 saturated heterocycles. The van der Waals surface area contributed by atoms with Crippen molar-refractivity contribution in [2.45, 2.75) is 143 Å². The molecule has 0 fully saturated rings. The SMILES string of the molecule is OCC(COCC=CC(F)(F)C(F)(F)C(F)(F)C(F)(F)C(F)(F)C(F)(F)C(F)(F)C(F)(F)F)(COCC=CC(F)(F)C(F)(F)C(F)(F)C(F)(F)C(F)(F)C(F)(F)C(F)(F)C(F)(F)F)COCC=CC(F)(F)C(F)(F)C(F)(F)C(F)(F)C(F)(F)C(F)(F)C(F)(F)C(F)(F)F. The van der Waals surface area contributed by atoms with Crippen LogP contribution in [0.5, 0.6) is 0 Å². The average molecular weight is 1510 g/mol. The van der Waals surface area contributed by atoms with Gasteiger partial charge in [-0.2, -0.15) is 224 Å². The third-order valence-electron chi connectivity index (χ3n) is 11.4. The number of hydrogen-bond acceptors (Lipinski definition) is 4. The summed E-state index contributed by atoms with van der Waals surface area (Å²) >= 11 is 0. The zero-order chi connectivity index (χ0) is 75.8. The largest absolute Gasteiger partial charge is 0.460 e. The lowest BCUT2D eigenvalue weighted by atomic mass is 9.89. The molecule has 554 valence electrons. The van der Waals surface area contributed by atoms with E-state index in [0.29, 0.717) is 0 Å². The van der Waals surface area contributed by atoms with E-state index in [-0.39, 0.29) is 0 Å². The molecule has 0 aliphatic heterocycles. The van der Waals surface area contributed by atoms with E-state index < -0.39 is 231 Å². The molecule has 0 rings (SSSR count). The first-order valence-corrected chi connectivity index (χ1v) is 21.4. The van der Waals surface area contributed by atoms with Gasteiger partial charge in [-0.25, -0.2) is 0 Å². The van der Waals surface area contributed by atoms with Crippen molar-refractivity contribution < 1.29 is 243 Å². The van der Waals surface area contributed by atoms with Crippen molar-refractivity contribution in [1.82, 2.24) is 0 Å². The van der Waals surface area contributed by atoms with Gasteiger partial charge in [-0.05, 0) is 18.2 Å². The highest BCUT2D eigenvalue weighted by Gasteiger charge is 2.98. The summed E-state index contributed by atoms with van der Waals surface area (Å²) in [5, 5.41) is 9.82. The fourth-order valence-electron chi connectivity index (χ4n) is 5.72. The van der Waals surface area contributed by atoms with Crippen LogP contribution in [0.25, 0.3) is 0 Å². The van der Waals surface area contributed by atoms with E-state index in [1.807, 2.05) is 0 Å². The topological polar surface area (TPSA) is 47.9 Å². The Labute approximate surface area is 475 Å². The van der Waals surface area contributed by atoms with E-state index in [9.17, 15) is 229 Å². The number of aliphatic hydroxyl groups excluding tert-OH is 1. The molecule has 0 heterocycles. The molecule has 0 aliphatic carbocycles. The lowest BCUT2D eigenvalue weighted by Crippen LogP contribution is -2.74. The maximum absolute atomic E-state index is 14.3. The van der Waals surface area contributed by atoms with Crippen molar-refractivity contribution in [2.75, 3.05) is 46.2 Å². The van der Waals surface area contributed by atoms with Gasteiger partial charge in [-0.15, -0.1) is 0 Å². The molecule has 0 amide bonds. The second-order valence-electron chi connectivity index (χ2n) is 18.1. The molecule has 0 spiro atoms. The molecule has 0 aromatic carbocycles. The van der Waals surface area contributed by atoms with Crippen molar-refractivity contribution >= 4 is 0 Å². The molecule has 1 N–H and O–H groups in total.